The van der Waals surface area contributed by atoms with Crippen molar-refractivity contribution in [2.45, 2.75) is 24.4 Å². The predicted molar refractivity (Wildman–Crippen MR) is 84.7 cm³/mol. The fourth-order valence-electron chi connectivity index (χ4n) is 2.14. The number of hydrogen-bond donors (Lipinski definition) is 4. The van der Waals surface area contributed by atoms with E-state index in [1.54, 1.807) is 0 Å². The molecule has 1 aromatic carbocycles. The second kappa shape index (κ2) is 8.06. The van der Waals surface area contributed by atoms with E-state index in [2.05, 4.69) is 16.0 Å². The number of primary amides is 1. The van der Waals surface area contributed by atoms with Crippen LogP contribution in [0.3, 0.4) is 0 Å². The molecule has 24 heavy (non-hydrogen) atoms. The van der Waals surface area contributed by atoms with Crippen LogP contribution < -0.4 is 21.7 Å². The summed E-state index contributed by atoms with van der Waals surface area (Å²) in [7, 11) is 0. The fourth-order valence-corrected chi connectivity index (χ4v) is 3.04. The van der Waals surface area contributed by atoms with Crippen molar-refractivity contribution in [3.8, 4) is 0 Å². The van der Waals surface area contributed by atoms with Gasteiger partial charge >= 0.3 is 0 Å². The van der Waals surface area contributed by atoms with Crippen LogP contribution in [0.5, 0.6) is 0 Å². The lowest BCUT2D eigenvalue weighted by molar-refractivity contribution is -0.124. The van der Waals surface area contributed by atoms with Crippen LogP contribution in [0.25, 0.3) is 0 Å². The number of carbonyl (C=O) groups is 3. The average Bonchev–Trinajstić information content (AvgIpc) is 2.47. The molecule has 2 rings (SSSR count). The number of hydrogen-bond acceptors (Lipinski definition) is 5. The minimum Gasteiger partial charge on any atom is -0.370 e. The number of nitrogens with one attached hydrogen (secondary N) is 3. The van der Waals surface area contributed by atoms with Gasteiger partial charge in [0.25, 0.3) is 0 Å². The molecular weight excluding hydrogens is 342 g/mol. The van der Waals surface area contributed by atoms with E-state index in [4.69, 9.17) is 5.73 Å². The van der Waals surface area contributed by atoms with Gasteiger partial charge in [0.1, 0.15) is 17.1 Å². The molecule has 0 aliphatic carbocycles. The third-order valence-corrected chi connectivity index (χ3v) is 4.16. The van der Waals surface area contributed by atoms with Gasteiger partial charge in [0.15, 0.2) is 0 Å². The number of rotatable bonds is 6. The van der Waals surface area contributed by atoms with Crippen molar-refractivity contribution in [2.75, 3.05) is 11.1 Å². The molecule has 2 unspecified atom stereocenters. The summed E-state index contributed by atoms with van der Waals surface area (Å²) < 4.78 is 26.3. The Bertz CT molecular complexity index is 657. The zero-order valence-electron chi connectivity index (χ0n) is 12.5. The third-order valence-electron chi connectivity index (χ3n) is 3.14. The number of carbonyl (C=O) groups excluding carboxylic acids is 3. The molecule has 1 saturated heterocycles. The first-order chi connectivity index (χ1) is 11.3. The highest BCUT2D eigenvalue weighted by Crippen LogP contribution is 2.17. The Morgan fingerprint density at radius 3 is 2.79 bits per heavy atom. The molecule has 130 valence electrons. The van der Waals surface area contributed by atoms with Crippen LogP contribution in [0.1, 0.15) is 12.8 Å². The van der Waals surface area contributed by atoms with E-state index >= 15 is 0 Å². The Morgan fingerprint density at radius 1 is 1.38 bits per heavy atom. The van der Waals surface area contributed by atoms with Crippen LogP contribution in [0.15, 0.2) is 18.2 Å². The molecule has 1 fully saturated rings. The Balaban J connectivity index is 1.84. The largest absolute Gasteiger partial charge is 0.370 e. The number of nitrogens with two attached hydrogens (primary N) is 1. The van der Waals surface area contributed by atoms with Gasteiger partial charge in [-0.2, -0.15) is 0 Å². The van der Waals surface area contributed by atoms with Gasteiger partial charge in [0.05, 0.1) is 11.4 Å². The summed E-state index contributed by atoms with van der Waals surface area (Å²) in [5.74, 6) is -3.01. The molecule has 0 radical (unpaired) electrons. The van der Waals surface area contributed by atoms with Crippen LogP contribution >= 0.6 is 11.8 Å². The molecular formula is C14H16F2N4O3S. The van der Waals surface area contributed by atoms with E-state index in [1.165, 1.54) is 0 Å². The number of benzene rings is 1. The van der Waals surface area contributed by atoms with Crippen molar-refractivity contribution >= 4 is 35.2 Å². The molecule has 0 aromatic heterocycles. The molecule has 10 heteroatoms. The van der Waals surface area contributed by atoms with Crippen molar-refractivity contribution < 1.29 is 23.2 Å². The van der Waals surface area contributed by atoms with Gasteiger partial charge in [0.2, 0.25) is 17.7 Å². The molecule has 1 heterocycles. The van der Waals surface area contributed by atoms with Crippen LogP contribution in [-0.2, 0) is 14.4 Å². The Morgan fingerprint density at radius 2 is 2.12 bits per heavy atom. The van der Waals surface area contributed by atoms with Crippen LogP contribution in [0.4, 0.5) is 14.5 Å². The lowest BCUT2D eigenvalue weighted by atomic mass is 10.1. The van der Waals surface area contributed by atoms with Crippen LogP contribution in [0.2, 0.25) is 0 Å². The van der Waals surface area contributed by atoms with E-state index in [-0.39, 0.29) is 30.2 Å². The maximum atomic E-state index is 13.5. The summed E-state index contributed by atoms with van der Waals surface area (Å²) in [5.41, 5.74) is 4.40. The molecule has 0 bridgehead atoms. The molecule has 1 aromatic rings. The monoisotopic (exact) mass is 358 g/mol. The highest BCUT2D eigenvalue weighted by atomic mass is 32.2. The zero-order chi connectivity index (χ0) is 17.7. The summed E-state index contributed by atoms with van der Waals surface area (Å²) in [4.78, 5) is 34.3. The second-order valence-electron chi connectivity index (χ2n) is 5.17. The topological polar surface area (TPSA) is 113 Å². The highest BCUT2D eigenvalue weighted by molar-refractivity contribution is 8.00. The van der Waals surface area contributed by atoms with Gasteiger partial charge in [-0.3, -0.25) is 19.7 Å². The van der Waals surface area contributed by atoms with Gasteiger partial charge in [-0.15, -0.1) is 11.8 Å². The average molecular weight is 358 g/mol. The number of thioether (sulfide) groups is 1. The van der Waals surface area contributed by atoms with E-state index < -0.39 is 35.0 Å². The predicted octanol–water partition coefficient (Wildman–Crippen LogP) is 0.274. The van der Waals surface area contributed by atoms with Crippen molar-refractivity contribution in [2.24, 2.45) is 5.73 Å². The Kier molecular flexibility index (Phi) is 6.10. The number of amides is 3. The SMILES string of the molecule is NC(=O)CC1CC(=O)NC(SCC(=O)Nc2ccc(F)cc2F)N1. The third kappa shape index (κ3) is 5.46. The summed E-state index contributed by atoms with van der Waals surface area (Å²) in [5, 5.41) is 7.91. The smallest absolute Gasteiger partial charge is 0.234 e. The summed E-state index contributed by atoms with van der Waals surface area (Å²) in [6, 6.07) is 2.42. The maximum absolute atomic E-state index is 13.5. The molecule has 1 aliphatic rings. The fraction of sp³-hybridized carbons (Fsp3) is 0.357. The highest BCUT2D eigenvalue weighted by Gasteiger charge is 2.27. The van der Waals surface area contributed by atoms with Crippen LogP contribution in [0, 0.1) is 11.6 Å². The van der Waals surface area contributed by atoms with Gasteiger partial charge < -0.3 is 16.4 Å². The van der Waals surface area contributed by atoms with Gasteiger partial charge in [0, 0.05) is 24.9 Å². The molecule has 7 nitrogen and oxygen atoms in total. The lowest BCUT2D eigenvalue weighted by Gasteiger charge is -2.30. The lowest BCUT2D eigenvalue weighted by Crippen LogP contribution is -2.55. The molecule has 2 atom stereocenters. The number of anilines is 1. The first-order valence-corrected chi connectivity index (χ1v) is 8.08. The van der Waals surface area contributed by atoms with E-state index in [1.807, 2.05) is 0 Å². The standard InChI is InChI=1S/C14H16F2N4O3S/c15-7-1-2-10(9(16)3-7)19-13(23)6-24-14-18-8(4-11(17)21)5-12(22)20-14/h1-3,8,14,18H,4-6H2,(H2,17,21)(H,19,23)(H,20,22). The van der Waals surface area contributed by atoms with Crippen molar-refractivity contribution in [3.63, 3.8) is 0 Å². The maximum Gasteiger partial charge on any atom is 0.234 e. The first-order valence-electron chi connectivity index (χ1n) is 7.03. The summed E-state index contributed by atoms with van der Waals surface area (Å²) in [6.07, 6.45) is 0.129. The molecule has 0 saturated carbocycles. The Labute approximate surface area is 140 Å². The van der Waals surface area contributed by atoms with Gasteiger partial charge in [-0.25, -0.2) is 8.78 Å². The van der Waals surface area contributed by atoms with E-state index in [0.29, 0.717) is 6.07 Å². The van der Waals surface area contributed by atoms with Crippen molar-refractivity contribution in [1.29, 1.82) is 0 Å². The number of halogens is 2. The second-order valence-corrected chi connectivity index (χ2v) is 6.26. The minimum atomic E-state index is -0.876. The summed E-state index contributed by atoms with van der Waals surface area (Å²) >= 11 is 1.06. The zero-order valence-corrected chi connectivity index (χ0v) is 13.3. The Hall–Kier alpha value is -2.20. The van der Waals surface area contributed by atoms with Crippen molar-refractivity contribution in [1.82, 2.24) is 10.6 Å². The quantitative estimate of drug-likeness (QED) is 0.583. The molecule has 5 N–H and O–H groups in total. The van der Waals surface area contributed by atoms with E-state index in [9.17, 15) is 23.2 Å². The first kappa shape index (κ1) is 18.1. The minimum absolute atomic E-state index is 0.0114. The summed E-state index contributed by atoms with van der Waals surface area (Å²) in [6.45, 7) is 0. The van der Waals surface area contributed by atoms with Crippen LogP contribution in [-0.4, -0.2) is 35.0 Å². The van der Waals surface area contributed by atoms with Gasteiger partial charge in [-0.05, 0) is 12.1 Å². The normalized spacial score (nSPS) is 20.3. The molecule has 3 amide bonds. The van der Waals surface area contributed by atoms with Crippen molar-refractivity contribution in [3.05, 3.63) is 29.8 Å². The van der Waals surface area contributed by atoms with E-state index in [0.717, 1.165) is 23.9 Å². The molecule has 0 spiro atoms. The molecule has 1 aliphatic heterocycles. The van der Waals surface area contributed by atoms with Gasteiger partial charge in [-0.1, -0.05) is 0 Å².